The van der Waals surface area contributed by atoms with E-state index in [1.807, 2.05) is 12.4 Å². The monoisotopic (exact) mass is 270 g/mol. The van der Waals surface area contributed by atoms with E-state index >= 15 is 0 Å². The van der Waals surface area contributed by atoms with Crippen molar-refractivity contribution in [1.82, 2.24) is 9.55 Å². The molecule has 98 valence electrons. The first kappa shape index (κ1) is 14.7. The summed E-state index contributed by atoms with van der Waals surface area (Å²) in [7, 11) is -2.31. The van der Waals surface area contributed by atoms with Gasteiger partial charge in [-0.2, -0.15) is 0 Å². The summed E-state index contributed by atoms with van der Waals surface area (Å²) >= 11 is 0. The molecule has 0 spiro atoms. The van der Waals surface area contributed by atoms with Crippen molar-refractivity contribution in [2.24, 2.45) is 0 Å². The molecular formula is C12H26N2OSi2. The van der Waals surface area contributed by atoms with E-state index in [2.05, 4.69) is 48.8 Å². The molecule has 0 aliphatic rings. The molecule has 0 fully saturated rings. The van der Waals surface area contributed by atoms with Crippen LogP contribution in [0.15, 0.2) is 12.4 Å². The third kappa shape index (κ3) is 5.18. The minimum absolute atomic E-state index is 0.657. The number of aromatic nitrogens is 2. The highest BCUT2D eigenvalue weighted by molar-refractivity contribution is 6.87. The summed E-state index contributed by atoms with van der Waals surface area (Å²) in [5.41, 5.74) is 1.23. The lowest BCUT2D eigenvalue weighted by Gasteiger charge is -2.19. The van der Waals surface area contributed by atoms with Crippen molar-refractivity contribution in [3.05, 3.63) is 12.4 Å². The van der Waals surface area contributed by atoms with Gasteiger partial charge in [-0.15, -0.1) is 0 Å². The Morgan fingerprint density at radius 3 is 2.35 bits per heavy atom. The average Bonchev–Trinajstić information content (AvgIpc) is 2.58. The molecular weight excluding hydrogens is 244 g/mol. The van der Waals surface area contributed by atoms with Gasteiger partial charge in [0, 0.05) is 27.1 Å². The van der Waals surface area contributed by atoms with Crippen LogP contribution in [-0.4, -0.2) is 32.3 Å². The summed E-state index contributed by atoms with van der Waals surface area (Å²) in [6.45, 7) is 15.6. The van der Waals surface area contributed by atoms with Crippen LogP contribution < -0.4 is 5.45 Å². The molecule has 0 amide bonds. The Balaban J connectivity index is 2.45. The molecule has 1 aromatic heterocycles. The number of nitrogens with zero attached hydrogens (tertiary/aromatic N) is 2. The second-order valence-electron chi connectivity index (χ2n) is 6.82. The Morgan fingerprint density at radius 2 is 1.82 bits per heavy atom. The standard InChI is InChI=1S/C12H26N2OSi2/c1-16(2,3)10-9-15-11-14-8-7-13-12(14)17(4,5)6/h7-8H,9-11H2,1-6H3. The molecule has 3 nitrogen and oxygen atoms in total. The highest BCUT2D eigenvalue weighted by atomic mass is 28.3. The van der Waals surface area contributed by atoms with E-state index in [-0.39, 0.29) is 0 Å². The van der Waals surface area contributed by atoms with Gasteiger partial charge in [0.2, 0.25) is 0 Å². The molecule has 0 N–H and O–H groups in total. The van der Waals surface area contributed by atoms with Crippen molar-refractivity contribution in [3.8, 4) is 0 Å². The van der Waals surface area contributed by atoms with Crippen molar-refractivity contribution in [1.29, 1.82) is 0 Å². The highest BCUT2D eigenvalue weighted by Crippen LogP contribution is 2.08. The Morgan fingerprint density at radius 1 is 1.18 bits per heavy atom. The Hall–Kier alpha value is -0.396. The van der Waals surface area contributed by atoms with Gasteiger partial charge in [0.25, 0.3) is 0 Å². The first-order valence-electron chi connectivity index (χ1n) is 6.29. The topological polar surface area (TPSA) is 27.1 Å². The summed E-state index contributed by atoms with van der Waals surface area (Å²) in [6.07, 6.45) is 3.91. The molecule has 0 aliphatic carbocycles. The predicted octanol–water partition coefficient (Wildman–Crippen LogP) is 2.74. The van der Waals surface area contributed by atoms with Crippen LogP contribution >= 0.6 is 0 Å². The lowest BCUT2D eigenvalue weighted by atomic mass is 10.8. The summed E-state index contributed by atoms with van der Waals surface area (Å²) in [5, 5.41) is 0. The van der Waals surface area contributed by atoms with Gasteiger partial charge in [-0.05, 0) is 6.04 Å². The van der Waals surface area contributed by atoms with Crippen LogP contribution in [0.4, 0.5) is 0 Å². The maximum absolute atomic E-state index is 5.77. The van der Waals surface area contributed by atoms with Gasteiger partial charge in [0.05, 0.1) is 5.45 Å². The zero-order valence-corrected chi connectivity index (χ0v) is 14.1. The van der Waals surface area contributed by atoms with E-state index in [0.29, 0.717) is 6.73 Å². The lowest BCUT2D eigenvalue weighted by Crippen LogP contribution is -2.44. The van der Waals surface area contributed by atoms with E-state index in [0.717, 1.165) is 6.61 Å². The Labute approximate surface area is 107 Å². The fraction of sp³-hybridized carbons (Fsp3) is 0.750. The van der Waals surface area contributed by atoms with Gasteiger partial charge in [0.1, 0.15) is 14.8 Å². The predicted molar refractivity (Wildman–Crippen MR) is 79.3 cm³/mol. The number of hydrogen-bond donors (Lipinski definition) is 0. The van der Waals surface area contributed by atoms with Crippen molar-refractivity contribution in [3.63, 3.8) is 0 Å². The van der Waals surface area contributed by atoms with Gasteiger partial charge in [0.15, 0.2) is 0 Å². The Kier molecular flexibility index (Phi) is 4.74. The second kappa shape index (κ2) is 5.50. The van der Waals surface area contributed by atoms with Gasteiger partial charge in [-0.1, -0.05) is 39.3 Å². The number of ether oxygens (including phenoxy) is 1. The first-order valence-corrected chi connectivity index (χ1v) is 13.5. The van der Waals surface area contributed by atoms with E-state index in [9.17, 15) is 0 Å². The van der Waals surface area contributed by atoms with E-state index in [1.165, 1.54) is 11.5 Å². The molecule has 0 atom stereocenters. The first-order chi connectivity index (χ1) is 7.70. The zero-order valence-electron chi connectivity index (χ0n) is 12.1. The number of rotatable bonds is 6. The number of imidazole rings is 1. The van der Waals surface area contributed by atoms with Crippen molar-refractivity contribution >= 4 is 21.6 Å². The van der Waals surface area contributed by atoms with Crippen LogP contribution in [0.5, 0.6) is 0 Å². The van der Waals surface area contributed by atoms with E-state index in [4.69, 9.17) is 4.74 Å². The normalized spacial score (nSPS) is 13.1. The highest BCUT2D eigenvalue weighted by Gasteiger charge is 2.22. The van der Waals surface area contributed by atoms with Crippen molar-refractivity contribution in [2.45, 2.75) is 52.1 Å². The molecule has 0 unspecified atom stereocenters. The van der Waals surface area contributed by atoms with Crippen LogP contribution in [0.3, 0.4) is 0 Å². The molecule has 0 saturated carbocycles. The van der Waals surface area contributed by atoms with Crippen LogP contribution in [0.2, 0.25) is 45.3 Å². The van der Waals surface area contributed by atoms with E-state index < -0.39 is 16.1 Å². The fourth-order valence-corrected chi connectivity index (χ4v) is 3.82. The summed E-state index contributed by atoms with van der Waals surface area (Å²) in [5.74, 6) is 0. The second-order valence-corrected chi connectivity index (χ2v) is 17.4. The number of hydrogen-bond acceptors (Lipinski definition) is 2. The van der Waals surface area contributed by atoms with Gasteiger partial charge < -0.3 is 9.30 Å². The molecule has 0 aromatic carbocycles. The fourth-order valence-electron chi connectivity index (χ4n) is 1.60. The van der Waals surface area contributed by atoms with Crippen molar-refractivity contribution < 1.29 is 4.74 Å². The molecule has 0 bridgehead atoms. The van der Waals surface area contributed by atoms with Gasteiger partial charge in [-0.3, -0.25) is 0 Å². The maximum atomic E-state index is 5.77. The summed E-state index contributed by atoms with van der Waals surface area (Å²) in [6, 6.07) is 1.23. The molecule has 0 radical (unpaired) electrons. The maximum Gasteiger partial charge on any atom is 0.123 e. The average molecular weight is 271 g/mol. The van der Waals surface area contributed by atoms with Crippen LogP contribution in [0.25, 0.3) is 0 Å². The van der Waals surface area contributed by atoms with Crippen LogP contribution in [0, 0.1) is 0 Å². The smallest absolute Gasteiger partial charge is 0.123 e. The van der Waals surface area contributed by atoms with Gasteiger partial charge >= 0.3 is 0 Å². The quantitative estimate of drug-likeness (QED) is 0.587. The molecule has 0 aliphatic heterocycles. The lowest BCUT2D eigenvalue weighted by molar-refractivity contribution is 0.0890. The zero-order chi connectivity index (χ0) is 13.1. The van der Waals surface area contributed by atoms with Gasteiger partial charge in [-0.25, -0.2) is 4.98 Å². The molecule has 1 aromatic rings. The molecule has 0 saturated heterocycles. The molecule has 1 heterocycles. The largest absolute Gasteiger partial charge is 0.361 e. The SMILES string of the molecule is C[Si](C)(C)CCOCn1ccnc1[Si](C)(C)C. The third-order valence-electron chi connectivity index (χ3n) is 2.61. The minimum Gasteiger partial charge on any atom is -0.361 e. The molecule has 17 heavy (non-hydrogen) atoms. The summed E-state index contributed by atoms with van der Waals surface area (Å²) < 4.78 is 7.93. The molecule has 5 heteroatoms. The third-order valence-corrected chi connectivity index (χ3v) is 6.08. The van der Waals surface area contributed by atoms with Crippen LogP contribution in [0.1, 0.15) is 0 Å². The Bertz CT molecular complexity index is 350. The van der Waals surface area contributed by atoms with E-state index in [1.54, 1.807) is 0 Å². The van der Waals surface area contributed by atoms with Crippen molar-refractivity contribution in [2.75, 3.05) is 6.61 Å². The molecule has 1 rings (SSSR count). The summed E-state index contributed by atoms with van der Waals surface area (Å²) in [4.78, 5) is 4.47. The minimum atomic E-state index is -1.34. The van der Waals surface area contributed by atoms with Crippen LogP contribution in [-0.2, 0) is 11.5 Å².